The number of phenols is 1. The summed E-state index contributed by atoms with van der Waals surface area (Å²) in [5.74, 6) is -1.82. The molecule has 0 saturated carbocycles. The number of azide groups is 1. The number of carbonyl (C=O) groups excluding carboxylic acids is 1. The fourth-order valence-electron chi connectivity index (χ4n) is 2.18. The van der Waals surface area contributed by atoms with Crippen LogP contribution in [0, 0.1) is 12.7 Å². The van der Waals surface area contributed by atoms with Crippen molar-refractivity contribution < 1.29 is 14.3 Å². The van der Waals surface area contributed by atoms with Crippen LogP contribution in [0.2, 0.25) is 0 Å². The summed E-state index contributed by atoms with van der Waals surface area (Å²) in [5.41, 5.74) is 10.5. The molecule has 1 aromatic heterocycles. The minimum absolute atomic E-state index is 0.0161. The first-order valence-corrected chi connectivity index (χ1v) is 7.36. The highest BCUT2D eigenvalue weighted by molar-refractivity contribution is 6.03. The van der Waals surface area contributed by atoms with Crippen molar-refractivity contribution in [3.63, 3.8) is 0 Å². The van der Waals surface area contributed by atoms with E-state index in [0.717, 1.165) is 11.6 Å². The summed E-state index contributed by atoms with van der Waals surface area (Å²) in [5, 5.41) is 23.1. The molecule has 0 aliphatic rings. The van der Waals surface area contributed by atoms with Crippen molar-refractivity contribution in [1.82, 2.24) is 15.0 Å². The second-order valence-corrected chi connectivity index (χ2v) is 5.33. The summed E-state index contributed by atoms with van der Waals surface area (Å²) in [6.45, 7) is 1.79. The average Bonchev–Trinajstić information content (AvgIpc) is 3.11. The maximum absolute atomic E-state index is 13.1. The van der Waals surface area contributed by atoms with Gasteiger partial charge in [0.1, 0.15) is 0 Å². The summed E-state index contributed by atoms with van der Waals surface area (Å²) < 4.78 is 14.4. The highest BCUT2D eigenvalue weighted by Crippen LogP contribution is 2.23. The molecule has 0 atom stereocenters. The molecule has 0 aliphatic heterocycles. The van der Waals surface area contributed by atoms with Gasteiger partial charge in [-0.05, 0) is 36.2 Å². The van der Waals surface area contributed by atoms with Crippen LogP contribution in [-0.2, 0) is 0 Å². The Morgan fingerprint density at radius 3 is 2.88 bits per heavy atom. The van der Waals surface area contributed by atoms with Crippen molar-refractivity contribution in [2.45, 2.75) is 6.92 Å². The van der Waals surface area contributed by atoms with Crippen LogP contribution in [0.25, 0.3) is 16.1 Å². The zero-order valence-electron chi connectivity index (χ0n) is 13.5. The highest BCUT2D eigenvalue weighted by atomic mass is 19.1. The lowest BCUT2D eigenvalue weighted by Crippen LogP contribution is -2.13. The third-order valence-electron chi connectivity index (χ3n) is 3.55. The Hall–Kier alpha value is -3.91. The lowest BCUT2D eigenvalue weighted by Gasteiger charge is -2.07. The van der Waals surface area contributed by atoms with Gasteiger partial charge >= 0.3 is 0 Å². The monoisotopic (exact) mass is 353 g/mol. The van der Waals surface area contributed by atoms with Gasteiger partial charge in [0.25, 0.3) is 5.91 Å². The zero-order valence-corrected chi connectivity index (χ0v) is 13.5. The van der Waals surface area contributed by atoms with Crippen molar-refractivity contribution in [2.75, 3.05) is 5.32 Å². The number of nitrogens with zero attached hydrogens (tertiary/aromatic N) is 6. The molecule has 3 rings (SSSR count). The molecule has 0 radical (unpaired) electrons. The predicted molar refractivity (Wildman–Crippen MR) is 90.9 cm³/mol. The lowest BCUT2D eigenvalue weighted by atomic mass is 10.2. The summed E-state index contributed by atoms with van der Waals surface area (Å²) in [6, 6.07) is 8.50. The molecular weight excluding hydrogens is 341 g/mol. The second kappa shape index (κ2) is 6.91. The van der Waals surface area contributed by atoms with Crippen molar-refractivity contribution in [3.8, 4) is 11.4 Å². The third-order valence-corrected chi connectivity index (χ3v) is 3.55. The van der Waals surface area contributed by atoms with Gasteiger partial charge in [-0.3, -0.25) is 4.79 Å². The molecule has 0 unspecified atom stereocenters. The number of aryl methyl sites for hydroxylation is 1. The van der Waals surface area contributed by atoms with E-state index in [1.165, 1.54) is 29.1 Å². The van der Waals surface area contributed by atoms with E-state index in [1.807, 2.05) is 0 Å². The van der Waals surface area contributed by atoms with Crippen molar-refractivity contribution in [3.05, 3.63) is 70.1 Å². The van der Waals surface area contributed by atoms with Gasteiger partial charge in [0.05, 0.1) is 11.9 Å². The molecule has 0 aliphatic carbocycles. The number of amides is 1. The van der Waals surface area contributed by atoms with E-state index < -0.39 is 17.5 Å². The predicted octanol–water partition coefficient (Wildman–Crippen LogP) is 3.61. The Kier molecular flexibility index (Phi) is 4.50. The molecule has 2 aromatic carbocycles. The third kappa shape index (κ3) is 3.45. The number of hydrogen-bond acceptors (Lipinski definition) is 5. The molecule has 3 aromatic rings. The number of rotatable bonds is 4. The van der Waals surface area contributed by atoms with E-state index in [2.05, 4.69) is 25.7 Å². The van der Waals surface area contributed by atoms with Crippen molar-refractivity contribution >= 4 is 17.3 Å². The van der Waals surface area contributed by atoms with Crippen LogP contribution in [0.4, 0.5) is 15.8 Å². The van der Waals surface area contributed by atoms with E-state index >= 15 is 0 Å². The molecule has 9 nitrogen and oxygen atoms in total. The number of aromatic nitrogens is 3. The quantitative estimate of drug-likeness (QED) is 0.421. The summed E-state index contributed by atoms with van der Waals surface area (Å²) in [7, 11) is 0. The van der Waals surface area contributed by atoms with E-state index in [1.54, 1.807) is 19.1 Å². The van der Waals surface area contributed by atoms with Crippen molar-refractivity contribution in [1.29, 1.82) is 0 Å². The maximum Gasteiger partial charge on any atom is 0.277 e. The molecule has 0 bridgehead atoms. The Balaban J connectivity index is 1.83. The lowest BCUT2D eigenvalue weighted by molar-refractivity contribution is 0.102. The summed E-state index contributed by atoms with van der Waals surface area (Å²) >= 11 is 0. The molecule has 1 amide bonds. The van der Waals surface area contributed by atoms with E-state index in [-0.39, 0.29) is 5.69 Å². The van der Waals surface area contributed by atoms with Gasteiger partial charge in [-0.15, -0.1) is 5.10 Å². The average molecular weight is 353 g/mol. The number of carbonyl (C=O) groups is 1. The van der Waals surface area contributed by atoms with Gasteiger partial charge in [-0.1, -0.05) is 22.5 Å². The van der Waals surface area contributed by atoms with Gasteiger partial charge in [0.15, 0.2) is 17.3 Å². The topological polar surface area (TPSA) is 129 Å². The first-order valence-electron chi connectivity index (χ1n) is 7.36. The van der Waals surface area contributed by atoms with Crippen molar-refractivity contribution in [2.24, 2.45) is 5.11 Å². The molecule has 1 heterocycles. The first kappa shape index (κ1) is 16.9. The van der Waals surface area contributed by atoms with Gasteiger partial charge < -0.3 is 10.4 Å². The molecule has 0 spiro atoms. The molecule has 0 saturated heterocycles. The van der Waals surface area contributed by atoms with E-state index in [0.29, 0.717) is 17.1 Å². The van der Waals surface area contributed by atoms with Gasteiger partial charge in [0.2, 0.25) is 0 Å². The Labute approximate surface area is 146 Å². The number of phenolic OH excluding ortho intramolecular Hbond substituents is 1. The van der Waals surface area contributed by atoms with Crippen LogP contribution in [0.5, 0.6) is 5.75 Å². The number of halogens is 1. The Bertz CT molecular complexity index is 1040. The molecular formula is C16H12FN7O2. The van der Waals surface area contributed by atoms with Gasteiger partial charge in [-0.25, -0.2) is 9.07 Å². The summed E-state index contributed by atoms with van der Waals surface area (Å²) in [4.78, 5) is 15.1. The van der Waals surface area contributed by atoms with Crippen LogP contribution in [0.15, 0.2) is 47.7 Å². The number of nitrogens with one attached hydrogen (secondary N) is 1. The fourth-order valence-corrected chi connectivity index (χ4v) is 2.18. The largest absolute Gasteiger partial charge is 0.505 e. The number of benzene rings is 2. The van der Waals surface area contributed by atoms with Gasteiger partial charge in [-0.2, -0.15) is 0 Å². The second-order valence-electron chi connectivity index (χ2n) is 5.33. The molecule has 2 N–H and O–H groups in total. The van der Waals surface area contributed by atoms with Crippen LogP contribution in [0.3, 0.4) is 0 Å². The number of aromatic hydroxyl groups is 1. The molecule has 26 heavy (non-hydrogen) atoms. The van der Waals surface area contributed by atoms with Crippen LogP contribution in [0.1, 0.15) is 16.1 Å². The fraction of sp³-hybridized carbons (Fsp3) is 0.0625. The standard InChI is InChI=1S/C16H12FN7O2/c1-9-2-3-10(20-22-18)6-13(9)19-16(26)14-8-24(23-21-14)11-4-5-12(17)15(25)7-11/h2-8,25H,1H3,(H,19,26). The SMILES string of the molecule is Cc1ccc(N=[N+]=[N-])cc1NC(=O)c1cn(-c2ccc(F)c(O)c2)nn1. The maximum atomic E-state index is 13.1. The van der Waals surface area contributed by atoms with E-state index in [9.17, 15) is 14.3 Å². The Morgan fingerprint density at radius 1 is 1.35 bits per heavy atom. The summed E-state index contributed by atoms with van der Waals surface area (Å²) in [6.07, 6.45) is 1.34. The number of hydrogen-bond donors (Lipinski definition) is 2. The van der Waals surface area contributed by atoms with E-state index in [4.69, 9.17) is 5.53 Å². The van der Waals surface area contributed by atoms with Crippen LogP contribution < -0.4 is 5.32 Å². The smallest absolute Gasteiger partial charge is 0.277 e. The minimum Gasteiger partial charge on any atom is -0.505 e. The molecule has 0 fully saturated rings. The molecule has 10 heteroatoms. The molecule has 130 valence electrons. The first-order chi connectivity index (χ1) is 12.5. The normalized spacial score (nSPS) is 10.2. The van der Waals surface area contributed by atoms with Gasteiger partial charge in [0, 0.05) is 22.4 Å². The highest BCUT2D eigenvalue weighted by Gasteiger charge is 2.14. The zero-order chi connectivity index (χ0) is 18.7. The Morgan fingerprint density at radius 2 is 2.15 bits per heavy atom. The minimum atomic E-state index is -0.762. The van der Waals surface area contributed by atoms with Crippen LogP contribution in [-0.4, -0.2) is 26.0 Å². The van der Waals surface area contributed by atoms with Crippen LogP contribution >= 0.6 is 0 Å². The number of anilines is 1.